The fourth-order valence-electron chi connectivity index (χ4n) is 1.12. The fourth-order valence-corrected chi connectivity index (χ4v) is 4.55. The number of sulfone groups is 1. The number of hydrogen-bond acceptors (Lipinski definition) is 6. The Morgan fingerprint density at radius 1 is 1.19 bits per heavy atom. The van der Waals surface area contributed by atoms with Gasteiger partial charge in [0.1, 0.15) is 10.3 Å². The summed E-state index contributed by atoms with van der Waals surface area (Å²) in [6.45, 7) is 1.06. The number of thioether (sulfide) groups is 1. The molecule has 0 radical (unpaired) electrons. The van der Waals surface area contributed by atoms with E-state index in [1.165, 1.54) is 0 Å². The molecule has 0 saturated carbocycles. The quantitative estimate of drug-likeness (QED) is 0.741. The largest absolute Gasteiger partial charge is 0.445 e. The van der Waals surface area contributed by atoms with Crippen molar-refractivity contribution >= 4 is 32.9 Å². The Hall–Kier alpha value is -0.560. The summed E-state index contributed by atoms with van der Waals surface area (Å²) in [5.41, 5.74) is -4.56. The maximum absolute atomic E-state index is 12.3. The highest BCUT2D eigenvalue weighted by molar-refractivity contribution is 8.01. The SMILES string of the molecule is CC(c1nnc(C(F)(F)F)s1)S(=O)(=O)CCSC(F)(F)F. The summed E-state index contributed by atoms with van der Waals surface area (Å²) in [5, 5.41) is 2.83. The molecule has 1 atom stereocenters. The Balaban J connectivity index is 2.77. The minimum atomic E-state index is -4.74. The van der Waals surface area contributed by atoms with Gasteiger partial charge >= 0.3 is 11.7 Å². The van der Waals surface area contributed by atoms with E-state index in [0.29, 0.717) is 0 Å². The van der Waals surface area contributed by atoms with Gasteiger partial charge in [-0.15, -0.1) is 10.2 Å². The van der Waals surface area contributed by atoms with E-state index >= 15 is 0 Å². The second-order valence-corrected chi connectivity index (χ2v) is 8.36. The fraction of sp³-hybridized carbons (Fsp3) is 0.750. The summed E-state index contributed by atoms with van der Waals surface area (Å²) in [6.07, 6.45) is -4.74. The molecule has 0 N–H and O–H groups in total. The first-order valence-electron chi connectivity index (χ1n) is 5.16. The second kappa shape index (κ2) is 6.28. The van der Waals surface area contributed by atoms with Crippen molar-refractivity contribution in [2.45, 2.75) is 23.9 Å². The zero-order valence-corrected chi connectivity index (χ0v) is 12.6. The maximum atomic E-state index is 12.3. The van der Waals surface area contributed by atoms with Crippen molar-refractivity contribution in [2.24, 2.45) is 0 Å². The molecule has 0 fully saturated rings. The van der Waals surface area contributed by atoms with Crippen LogP contribution < -0.4 is 0 Å². The zero-order valence-electron chi connectivity index (χ0n) is 10.2. The standard InChI is InChI=1S/C8H8F6N2O2S3/c1-4(5-15-16-6(20-5)7(9,10)11)21(17,18)3-2-19-8(12,13)14/h4H,2-3H2,1H3. The molecular weight excluding hydrogens is 366 g/mol. The van der Waals surface area contributed by atoms with Crippen LogP contribution in [0.25, 0.3) is 0 Å². The molecule has 0 aliphatic heterocycles. The number of aromatic nitrogens is 2. The van der Waals surface area contributed by atoms with Gasteiger partial charge in [-0.2, -0.15) is 26.3 Å². The first-order chi connectivity index (χ1) is 9.33. The van der Waals surface area contributed by atoms with E-state index in [0.717, 1.165) is 6.92 Å². The molecule has 13 heteroatoms. The molecule has 1 rings (SSSR count). The third-order valence-corrected chi connectivity index (χ3v) is 6.57. The first kappa shape index (κ1) is 18.5. The molecule has 0 bridgehead atoms. The second-order valence-electron chi connectivity index (χ2n) is 3.75. The van der Waals surface area contributed by atoms with Gasteiger partial charge in [0.2, 0.25) is 5.01 Å². The van der Waals surface area contributed by atoms with Crippen LogP contribution in [0.2, 0.25) is 0 Å². The predicted octanol–water partition coefficient (Wildman–Crippen LogP) is 3.29. The van der Waals surface area contributed by atoms with Crippen LogP contribution in [0, 0.1) is 0 Å². The lowest BCUT2D eigenvalue weighted by molar-refractivity contribution is -0.138. The van der Waals surface area contributed by atoms with Crippen LogP contribution in [0.15, 0.2) is 0 Å². The number of hydrogen-bond donors (Lipinski definition) is 0. The zero-order chi connectivity index (χ0) is 16.5. The molecule has 0 aliphatic carbocycles. The van der Waals surface area contributed by atoms with Gasteiger partial charge in [0.25, 0.3) is 0 Å². The predicted molar refractivity (Wildman–Crippen MR) is 65.6 cm³/mol. The molecule has 122 valence electrons. The van der Waals surface area contributed by atoms with Crippen molar-refractivity contribution in [3.05, 3.63) is 10.0 Å². The molecule has 0 spiro atoms. The first-order valence-corrected chi connectivity index (χ1v) is 8.67. The Kier molecular flexibility index (Phi) is 5.53. The monoisotopic (exact) mass is 374 g/mol. The van der Waals surface area contributed by atoms with E-state index in [1.807, 2.05) is 0 Å². The molecule has 0 aromatic carbocycles. The van der Waals surface area contributed by atoms with E-state index in [9.17, 15) is 34.8 Å². The topological polar surface area (TPSA) is 59.9 Å². The molecule has 1 aromatic heterocycles. The summed E-state index contributed by atoms with van der Waals surface area (Å²) in [5.74, 6) is -1.56. The van der Waals surface area contributed by atoms with Crippen LogP contribution in [-0.2, 0) is 16.0 Å². The molecular formula is C8H8F6N2O2S3. The van der Waals surface area contributed by atoms with Crippen molar-refractivity contribution < 1.29 is 34.8 Å². The Morgan fingerprint density at radius 3 is 2.19 bits per heavy atom. The summed E-state index contributed by atoms with van der Waals surface area (Å²) in [7, 11) is -4.05. The highest BCUT2D eigenvalue weighted by atomic mass is 32.2. The lowest BCUT2D eigenvalue weighted by Crippen LogP contribution is -2.17. The third-order valence-electron chi connectivity index (χ3n) is 2.20. The van der Waals surface area contributed by atoms with Crippen molar-refractivity contribution in [3.8, 4) is 0 Å². The number of halogens is 6. The molecule has 1 unspecified atom stereocenters. The van der Waals surface area contributed by atoms with E-state index in [-0.39, 0.29) is 11.3 Å². The highest BCUT2D eigenvalue weighted by Crippen LogP contribution is 2.35. The van der Waals surface area contributed by atoms with Gasteiger partial charge < -0.3 is 0 Å². The van der Waals surface area contributed by atoms with Crippen molar-refractivity contribution in [3.63, 3.8) is 0 Å². The number of rotatable bonds is 5. The average molecular weight is 374 g/mol. The molecule has 0 aliphatic rings. The van der Waals surface area contributed by atoms with Gasteiger partial charge in [-0.25, -0.2) is 8.42 Å². The molecule has 4 nitrogen and oxygen atoms in total. The lowest BCUT2D eigenvalue weighted by Gasteiger charge is -2.10. The van der Waals surface area contributed by atoms with E-state index in [2.05, 4.69) is 10.2 Å². The van der Waals surface area contributed by atoms with Crippen molar-refractivity contribution in [2.75, 3.05) is 11.5 Å². The van der Waals surface area contributed by atoms with Crippen LogP contribution in [0.1, 0.15) is 22.2 Å². The minimum Gasteiger partial charge on any atom is -0.228 e. The van der Waals surface area contributed by atoms with Gasteiger partial charge in [0.15, 0.2) is 9.84 Å². The van der Waals surface area contributed by atoms with Crippen LogP contribution in [-0.4, -0.2) is 35.6 Å². The molecule has 21 heavy (non-hydrogen) atoms. The summed E-state index contributed by atoms with van der Waals surface area (Å²) in [6, 6.07) is 0. The van der Waals surface area contributed by atoms with Gasteiger partial charge in [-0.1, -0.05) is 11.3 Å². The number of nitrogens with zero attached hydrogens (tertiary/aromatic N) is 2. The van der Waals surface area contributed by atoms with Gasteiger partial charge in [-0.3, -0.25) is 0 Å². The van der Waals surface area contributed by atoms with Crippen LogP contribution in [0.3, 0.4) is 0 Å². The highest BCUT2D eigenvalue weighted by Gasteiger charge is 2.38. The Labute approximate surface area is 123 Å². The molecule has 0 amide bonds. The minimum absolute atomic E-state index is 0.0584. The van der Waals surface area contributed by atoms with Crippen LogP contribution >= 0.6 is 23.1 Å². The van der Waals surface area contributed by atoms with Crippen LogP contribution in [0.4, 0.5) is 26.3 Å². The normalized spacial score (nSPS) is 15.2. The van der Waals surface area contributed by atoms with Gasteiger partial charge in [0.05, 0.1) is 5.75 Å². The van der Waals surface area contributed by atoms with E-state index in [1.54, 1.807) is 0 Å². The maximum Gasteiger partial charge on any atom is 0.445 e. The van der Waals surface area contributed by atoms with Crippen LogP contribution in [0.5, 0.6) is 0 Å². The Morgan fingerprint density at radius 2 is 1.76 bits per heavy atom. The summed E-state index contributed by atoms with van der Waals surface area (Å²) in [4.78, 5) is 0. The molecule has 1 aromatic rings. The number of alkyl halides is 6. The third kappa shape index (κ3) is 5.62. The molecule has 1 heterocycles. The average Bonchev–Trinajstić information content (AvgIpc) is 2.74. The smallest absolute Gasteiger partial charge is 0.228 e. The van der Waals surface area contributed by atoms with E-state index < -0.39 is 60.1 Å². The van der Waals surface area contributed by atoms with Gasteiger partial charge in [0, 0.05) is 5.75 Å². The van der Waals surface area contributed by atoms with Crippen molar-refractivity contribution in [1.82, 2.24) is 10.2 Å². The summed E-state index contributed by atoms with van der Waals surface area (Å²) >= 11 is -0.451. The molecule has 0 saturated heterocycles. The van der Waals surface area contributed by atoms with Crippen molar-refractivity contribution in [1.29, 1.82) is 0 Å². The van der Waals surface area contributed by atoms with Gasteiger partial charge in [-0.05, 0) is 18.7 Å². The van der Waals surface area contributed by atoms with E-state index in [4.69, 9.17) is 0 Å². The Bertz CT molecular complexity index is 580. The lowest BCUT2D eigenvalue weighted by atomic mass is 10.5. The summed E-state index contributed by atoms with van der Waals surface area (Å²) < 4.78 is 96.2.